The summed E-state index contributed by atoms with van der Waals surface area (Å²) < 4.78 is 45.6. The van der Waals surface area contributed by atoms with E-state index in [4.69, 9.17) is 4.74 Å². The number of carbonyl (C=O) groups excluding carboxylic acids is 1. The van der Waals surface area contributed by atoms with Crippen LogP contribution in [-0.4, -0.2) is 21.2 Å². The second-order valence-corrected chi connectivity index (χ2v) is 6.62. The number of rotatable bonds is 0. The van der Waals surface area contributed by atoms with Gasteiger partial charge in [0.1, 0.15) is 11.2 Å². The Morgan fingerprint density at radius 2 is 1.74 bits per heavy atom. The van der Waals surface area contributed by atoms with Gasteiger partial charge < -0.3 is 9.30 Å². The Hall–Kier alpha value is -1.99. The minimum atomic E-state index is -4.73. The van der Waals surface area contributed by atoms with Gasteiger partial charge in [0.05, 0.1) is 13.1 Å². The van der Waals surface area contributed by atoms with Gasteiger partial charge in [0.2, 0.25) is 0 Å². The van der Waals surface area contributed by atoms with E-state index >= 15 is 0 Å². The third-order valence-electron chi connectivity index (χ3n) is 3.72. The number of fused-ring (bicyclic) bond motifs is 1. The first kappa shape index (κ1) is 17.4. The van der Waals surface area contributed by atoms with E-state index in [1.165, 1.54) is 18.9 Å². The van der Waals surface area contributed by atoms with Crippen molar-refractivity contribution in [2.24, 2.45) is 7.05 Å². The zero-order chi connectivity index (χ0) is 17.7. The maximum absolute atomic E-state index is 13.1. The molecule has 128 valence electrons. The number of carbonyl (C=O) groups is 1. The van der Waals surface area contributed by atoms with Gasteiger partial charge >= 0.3 is 12.3 Å². The molecule has 0 atom stereocenters. The molecule has 23 heavy (non-hydrogen) atoms. The molecule has 0 unspecified atom stereocenters. The predicted octanol–water partition coefficient (Wildman–Crippen LogP) is 2.96. The van der Waals surface area contributed by atoms with Gasteiger partial charge in [-0.15, -0.1) is 0 Å². The van der Waals surface area contributed by atoms with Crippen LogP contribution in [0.1, 0.15) is 43.2 Å². The van der Waals surface area contributed by atoms with Crippen molar-refractivity contribution >= 4 is 6.09 Å². The topological polar surface area (TPSA) is 51.5 Å². The van der Waals surface area contributed by atoms with E-state index in [1.54, 1.807) is 20.8 Å². The number of pyridine rings is 1. The second-order valence-electron chi connectivity index (χ2n) is 6.62. The fourth-order valence-electron chi connectivity index (χ4n) is 2.65. The summed E-state index contributed by atoms with van der Waals surface area (Å²) in [6.07, 6.45) is -5.35. The number of aromatic nitrogens is 1. The van der Waals surface area contributed by atoms with Crippen molar-refractivity contribution in [1.29, 1.82) is 0 Å². The normalized spacial score (nSPS) is 14.9. The van der Waals surface area contributed by atoms with Gasteiger partial charge in [-0.2, -0.15) is 13.2 Å². The molecule has 0 saturated heterocycles. The van der Waals surface area contributed by atoms with E-state index in [1.807, 2.05) is 0 Å². The lowest BCUT2D eigenvalue weighted by molar-refractivity contribution is -0.139. The van der Waals surface area contributed by atoms with Crippen molar-refractivity contribution in [2.45, 2.75) is 52.6 Å². The summed E-state index contributed by atoms with van der Waals surface area (Å²) in [5, 5.41) is 0. The predicted molar refractivity (Wildman–Crippen MR) is 76.9 cm³/mol. The highest BCUT2D eigenvalue weighted by Gasteiger charge is 2.40. The minimum absolute atomic E-state index is 0.00667. The van der Waals surface area contributed by atoms with Crippen LogP contribution in [0.2, 0.25) is 0 Å². The number of amides is 1. The Bertz CT molecular complexity index is 715. The van der Waals surface area contributed by atoms with Crippen molar-refractivity contribution in [3.8, 4) is 0 Å². The zero-order valence-electron chi connectivity index (χ0n) is 13.7. The molecule has 0 radical (unpaired) electrons. The number of halogens is 3. The van der Waals surface area contributed by atoms with Gasteiger partial charge in [-0.05, 0) is 38.8 Å². The third kappa shape index (κ3) is 3.20. The third-order valence-corrected chi connectivity index (χ3v) is 3.72. The lowest BCUT2D eigenvalue weighted by atomic mass is 10.0. The monoisotopic (exact) mass is 332 g/mol. The van der Waals surface area contributed by atoms with Crippen LogP contribution >= 0.6 is 0 Å². The van der Waals surface area contributed by atoms with Gasteiger partial charge in [-0.1, -0.05) is 0 Å². The minimum Gasteiger partial charge on any atom is -0.444 e. The maximum Gasteiger partial charge on any atom is 0.421 e. The molecule has 0 spiro atoms. The lowest BCUT2D eigenvalue weighted by Crippen LogP contribution is -2.33. The highest BCUT2D eigenvalue weighted by Crippen LogP contribution is 2.34. The highest BCUT2D eigenvalue weighted by molar-refractivity contribution is 5.69. The molecule has 0 saturated carbocycles. The van der Waals surface area contributed by atoms with E-state index in [0.29, 0.717) is 11.3 Å². The molecular formula is C15H19F3N2O3. The molecule has 1 aromatic heterocycles. The van der Waals surface area contributed by atoms with Crippen molar-refractivity contribution in [3.63, 3.8) is 0 Å². The Labute approximate surface area is 131 Å². The molecule has 0 aliphatic carbocycles. The largest absolute Gasteiger partial charge is 0.444 e. The van der Waals surface area contributed by atoms with Crippen LogP contribution in [0.5, 0.6) is 0 Å². The van der Waals surface area contributed by atoms with Crippen LogP contribution in [0.4, 0.5) is 18.0 Å². The van der Waals surface area contributed by atoms with Gasteiger partial charge in [-0.3, -0.25) is 9.69 Å². The first-order valence-electron chi connectivity index (χ1n) is 7.09. The van der Waals surface area contributed by atoms with Crippen LogP contribution in [0, 0.1) is 6.92 Å². The molecule has 0 aromatic carbocycles. The zero-order valence-corrected chi connectivity index (χ0v) is 13.7. The number of hydrogen-bond acceptors (Lipinski definition) is 3. The summed E-state index contributed by atoms with van der Waals surface area (Å²) in [6.45, 7) is 6.43. The van der Waals surface area contributed by atoms with Gasteiger partial charge in [0, 0.05) is 12.7 Å². The summed E-state index contributed by atoms with van der Waals surface area (Å²) in [5.41, 5.74) is -2.34. The highest BCUT2D eigenvalue weighted by atomic mass is 19.4. The van der Waals surface area contributed by atoms with E-state index in [0.717, 1.165) is 4.57 Å². The van der Waals surface area contributed by atoms with Crippen LogP contribution in [0.15, 0.2) is 4.79 Å². The van der Waals surface area contributed by atoms with Gasteiger partial charge in [-0.25, -0.2) is 4.79 Å². The average molecular weight is 332 g/mol. The van der Waals surface area contributed by atoms with E-state index in [-0.39, 0.29) is 18.7 Å². The quantitative estimate of drug-likeness (QED) is 0.734. The van der Waals surface area contributed by atoms with Crippen molar-refractivity contribution < 1.29 is 22.7 Å². The smallest absolute Gasteiger partial charge is 0.421 e. The molecule has 0 fully saturated rings. The molecule has 0 bridgehead atoms. The molecule has 0 N–H and O–H groups in total. The van der Waals surface area contributed by atoms with Gasteiger partial charge in [0.15, 0.2) is 0 Å². The van der Waals surface area contributed by atoms with E-state index in [9.17, 15) is 22.8 Å². The van der Waals surface area contributed by atoms with Crippen molar-refractivity contribution in [2.75, 3.05) is 0 Å². The standard InChI is InChI=1S/C15H19F3N2O3/c1-8-9-6-20(13(22)23-14(2,3)4)7-10(9)19(5)12(21)11(8)15(16,17)18/h6-7H2,1-5H3. The molecule has 2 heterocycles. The number of ether oxygens (including phenoxy) is 1. The molecule has 1 aliphatic heterocycles. The fraction of sp³-hybridized carbons (Fsp3) is 0.600. The second kappa shape index (κ2) is 5.28. The summed E-state index contributed by atoms with van der Waals surface area (Å²) >= 11 is 0. The number of hydrogen-bond donors (Lipinski definition) is 0. The fourth-order valence-corrected chi connectivity index (χ4v) is 2.65. The van der Waals surface area contributed by atoms with Crippen LogP contribution in [0.3, 0.4) is 0 Å². The van der Waals surface area contributed by atoms with E-state index < -0.39 is 29.0 Å². The molecule has 1 aromatic rings. The molecule has 8 heteroatoms. The van der Waals surface area contributed by atoms with Crippen molar-refractivity contribution in [3.05, 3.63) is 32.7 Å². The average Bonchev–Trinajstić information content (AvgIpc) is 2.78. The van der Waals surface area contributed by atoms with Crippen molar-refractivity contribution in [1.82, 2.24) is 9.47 Å². The summed E-state index contributed by atoms with van der Waals surface area (Å²) in [5.74, 6) is 0. The summed E-state index contributed by atoms with van der Waals surface area (Å²) in [7, 11) is 1.29. The molecule has 1 aliphatic rings. The van der Waals surface area contributed by atoms with E-state index in [2.05, 4.69) is 0 Å². The first-order chi connectivity index (χ1) is 10.3. The van der Waals surface area contributed by atoms with Crippen LogP contribution in [-0.2, 0) is 31.1 Å². The summed E-state index contributed by atoms with van der Waals surface area (Å²) in [4.78, 5) is 25.4. The number of nitrogens with zero attached hydrogens (tertiary/aromatic N) is 2. The molecule has 1 amide bonds. The molecule has 2 rings (SSSR count). The Balaban J connectivity index is 2.45. The lowest BCUT2D eigenvalue weighted by Gasteiger charge is -2.24. The number of alkyl halides is 3. The maximum atomic E-state index is 13.1. The van der Waals surface area contributed by atoms with Gasteiger partial charge in [0.25, 0.3) is 5.56 Å². The summed E-state index contributed by atoms with van der Waals surface area (Å²) in [6, 6.07) is 0. The Morgan fingerprint density at radius 1 is 1.17 bits per heavy atom. The molecule has 5 nitrogen and oxygen atoms in total. The first-order valence-corrected chi connectivity index (χ1v) is 7.09. The Morgan fingerprint density at radius 3 is 2.22 bits per heavy atom. The Kier molecular flexibility index (Phi) is 3.99. The van der Waals surface area contributed by atoms with Crippen LogP contribution < -0.4 is 5.56 Å². The SMILES string of the molecule is Cc1c2c(n(C)c(=O)c1C(F)(F)F)CN(C(=O)OC(C)(C)C)C2. The molecular weight excluding hydrogens is 313 g/mol. The van der Waals surface area contributed by atoms with Crippen LogP contribution in [0.25, 0.3) is 0 Å².